The number of carbonyl (C=O) groups excluding carboxylic acids is 1. The Morgan fingerprint density at radius 1 is 1.12 bits per heavy atom. The van der Waals surface area contributed by atoms with E-state index in [4.69, 9.17) is 4.74 Å². The standard InChI is InChI=1S/C21H20N2O2S/c1-25-17-8-6-15(7-9-17)14-22-21(24)19-10-11-20(26-19)23-13-12-16-4-2-3-5-18(16)23/h2-11H,12-14H2,1H3,(H,22,24). The molecular formula is C21H20N2O2S. The molecule has 0 radical (unpaired) electrons. The van der Waals surface area contributed by atoms with Gasteiger partial charge in [0.2, 0.25) is 0 Å². The van der Waals surface area contributed by atoms with Crippen LogP contribution in [0, 0.1) is 0 Å². The number of nitrogens with zero attached hydrogens (tertiary/aromatic N) is 1. The zero-order chi connectivity index (χ0) is 17.9. The summed E-state index contributed by atoms with van der Waals surface area (Å²) in [5, 5.41) is 4.10. The molecule has 1 amide bonds. The molecule has 4 nitrogen and oxygen atoms in total. The van der Waals surface area contributed by atoms with Crippen LogP contribution in [0.25, 0.3) is 0 Å². The van der Waals surface area contributed by atoms with E-state index in [-0.39, 0.29) is 5.91 Å². The number of nitrogens with one attached hydrogen (secondary N) is 1. The predicted octanol–water partition coefficient (Wildman–Crippen LogP) is 4.38. The van der Waals surface area contributed by atoms with Crippen LogP contribution in [0.1, 0.15) is 20.8 Å². The highest BCUT2D eigenvalue weighted by Crippen LogP contribution is 2.38. The lowest BCUT2D eigenvalue weighted by molar-refractivity contribution is 0.0955. The van der Waals surface area contributed by atoms with Crippen molar-refractivity contribution in [1.29, 1.82) is 0 Å². The first-order chi connectivity index (χ1) is 12.7. The van der Waals surface area contributed by atoms with Crippen LogP contribution in [0.3, 0.4) is 0 Å². The first-order valence-electron chi connectivity index (χ1n) is 8.61. The summed E-state index contributed by atoms with van der Waals surface area (Å²) in [6.07, 6.45) is 1.05. The molecule has 0 saturated heterocycles. The van der Waals surface area contributed by atoms with Gasteiger partial charge in [-0.2, -0.15) is 0 Å². The van der Waals surface area contributed by atoms with Crippen LogP contribution in [0.5, 0.6) is 5.75 Å². The monoisotopic (exact) mass is 364 g/mol. The third kappa shape index (κ3) is 3.30. The van der Waals surface area contributed by atoms with Gasteiger partial charge in [0.1, 0.15) is 5.75 Å². The first kappa shape index (κ1) is 16.7. The van der Waals surface area contributed by atoms with Crippen molar-refractivity contribution in [3.8, 4) is 5.75 Å². The number of rotatable bonds is 5. The molecule has 1 N–H and O–H groups in total. The molecule has 26 heavy (non-hydrogen) atoms. The molecule has 1 aliphatic rings. The van der Waals surface area contributed by atoms with Crippen LogP contribution in [-0.4, -0.2) is 19.6 Å². The summed E-state index contributed by atoms with van der Waals surface area (Å²) < 4.78 is 5.15. The van der Waals surface area contributed by atoms with Crippen LogP contribution in [-0.2, 0) is 13.0 Å². The van der Waals surface area contributed by atoms with Gasteiger partial charge in [0, 0.05) is 18.8 Å². The van der Waals surface area contributed by atoms with E-state index in [2.05, 4.69) is 34.5 Å². The van der Waals surface area contributed by atoms with Crippen molar-refractivity contribution in [2.24, 2.45) is 0 Å². The Morgan fingerprint density at radius 3 is 2.73 bits per heavy atom. The minimum absolute atomic E-state index is 0.0375. The largest absolute Gasteiger partial charge is 0.497 e. The zero-order valence-corrected chi connectivity index (χ0v) is 15.4. The molecule has 0 saturated carbocycles. The van der Waals surface area contributed by atoms with Crippen molar-refractivity contribution in [2.75, 3.05) is 18.6 Å². The van der Waals surface area contributed by atoms with E-state index in [9.17, 15) is 4.79 Å². The Labute approximate surface area is 157 Å². The molecule has 0 atom stereocenters. The van der Waals surface area contributed by atoms with E-state index in [1.165, 1.54) is 22.6 Å². The Hall–Kier alpha value is -2.79. The number of hydrogen-bond acceptors (Lipinski definition) is 4. The summed E-state index contributed by atoms with van der Waals surface area (Å²) in [4.78, 5) is 15.5. The van der Waals surface area contributed by atoms with Gasteiger partial charge in [0.05, 0.1) is 17.0 Å². The van der Waals surface area contributed by atoms with Crippen molar-refractivity contribution >= 4 is 27.9 Å². The van der Waals surface area contributed by atoms with Gasteiger partial charge in [-0.15, -0.1) is 11.3 Å². The molecule has 3 aromatic rings. The van der Waals surface area contributed by atoms with E-state index < -0.39 is 0 Å². The molecule has 2 heterocycles. The van der Waals surface area contributed by atoms with E-state index in [1.807, 2.05) is 36.4 Å². The molecule has 132 valence electrons. The second-order valence-electron chi connectivity index (χ2n) is 6.20. The fourth-order valence-corrected chi connectivity index (χ4v) is 4.14. The molecule has 2 aromatic carbocycles. The summed E-state index contributed by atoms with van der Waals surface area (Å²) in [7, 11) is 1.64. The molecule has 0 unspecified atom stereocenters. The summed E-state index contributed by atoms with van der Waals surface area (Å²) in [5.74, 6) is 0.776. The molecule has 0 bridgehead atoms. The van der Waals surface area contributed by atoms with Crippen LogP contribution in [0.15, 0.2) is 60.7 Å². The number of hydrogen-bond donors (Lipinski definition) is 1. The van der Waals surface area contributed by atoms with Crippen LogP contribution < -0.4 is 15.0 Å². The molecule has 1 aromatic heterocycles. The van der Waals surface area contributed by atoms with E-state index >= 15 is 0 Å². The van der Waals surface area contributed by atoms with Gasteiger partial charge in [-0.05, 0) is 47.9 Å². The lowest BCUT2D eigenvalue weighted by atomic mass is 10.2. The summed E-state index contributed by atoms with van der Waals surface area (Å²) >= 11 is 1.54. The molecule has 5 heteroatoms. The van der Waals surface area contributed by atoms with Gasteiger partial charge in [-0.1, -0.05) is 30.3 Å². The zero-order valence-electron chi connectivity index (χ0n) is 14.6. The number of benzene rings is 2. The highest BCUT2D eigenvalue weighted by Gasteiger charge is 2.22. The summed E-state index contributed by atoms with van der Waals surface area (Å²) in [6.45, 7) is 1.47. The van der Waals surface area contributed by atoms with Crippen LogP contribution in [0.2, 0.25) is 0 Å². The molecule has 0 aliphatic carbocycles. The topological polar surface area (TPSA) is 41.6 Å². The second kappa shape index (κ2) is 7.22. The van der Waals surface area contributed by atoms with Gasteiger partial charge >= 0.3 is 0 Å². The maximum absolute atomic E-state index is 12.5. The second-order valence-corrected chi connectivity index (χ2v) is 7.26. The third-order valence-corrected chi connectivity index (χ3v) is 5.69. The van der Waals surface area contributed by atoms with Crippen LogP contribution >= 0.6 is 11.3 Å². The maximum Gasteiger partial charge on any atom is 0.261 e. The molecular weight excluding hydrogens is 344 g/mol. The Balaban J connectivity index is 1.42. The van der Waals surface area contributed by atoms with Crippen molar-refractivity contribution in [2.45, 2.75) is 13.0 Å². The number of ether oxygens (including phenoxy) is 1. The maximum atomic E-state index is 12.5. The minimum Gasteiger partial charge on any atom is -0.497 e. The molecule has 4 rings (SSSR count). The number of fused-ring (bicyclic) bond motifs is 1. The van der Waals surface area contributed by atoms with Crippen molar-refractivity contribution in [1.82, 2.24) is 5.32 Å². The molecule has 0 fully saturated rings. The number of anilines is 2. The summed E-state index contributed by atoms with van der Waals surface area (Å²) in [5.41, 5.74) is 3.66. The van der Waals surface area contributed by atoms with Crippen LogP contribution in [0.4, 0.5) is 10.7 Å². The minimum atomic E-state index is -0.0375. The fourth-order valence-electron chi connectivity index (χ4n) is 3.17. The number of methoxy groups -OCH3 is 1. The van der Waals surface area contributed by atoms with E-state index in [1.54, 1.807) is 7.11 Å². The fraction of sp³-hybridized carbons (Fsp3) is 0.190. The lowest BCUT2D eigenvalue weighted by Crippen LogP contribution is -2.21. The van der Waals surface area contributed by atoms with Gasteiger partial charge in [0.15, 0.2) is 0 Å². The quantitative estimate of drug-likeness (QED) is 0.730. The average Bonchev–Trinajstić information content (AvgIpc) is 3.33. The normalized spacial score (nSPS) is 12.7. The first-order valence-corrected chi connectivity index (χ1v) is 9.42. The predicted molar refractivity (Wildman–Crippen MR) is 106 cm³/mol. The number of carbonyl (C=O) groups is 1. The van der Waals surface area contributed by atoms with Gasteiger partial charge < -0.3 is 15.0 Å². The van der Waals surface area contributed by atoms with E-state index in [0.29, 0.717) is 6.54 Å². The SMILES string of the molecule is COc1ccc(CNC(=O)c2ccc(N3CCc4ccccc43)s2)cc1. The van der Waals surface area contributed by atoms with Gasteiger partial charge in [-0.25, -0.2) is 0 Å². The van der Waals surface area contributed by atoms with Crippen molar-refractivity contribution < 1.29 is 9.53 Å². The number of para-hydroxylation sites is 1. The van der Waals surface area contributed by atoms with Gasteiger partial charge in [0.25, 0.3) is 5.91 Å². The average molecular weight is 364 g/mol. The molecule has 0 spiro atoms. The molecule has 1 aliphatic heterocycles. The smallest absolute Gasteiger partial charge is 0.261 e. The summed E-state index contributed by atoms with van der Waals surface area (Å²) in [6, 6.07) is 20.1. The third-order valence-electron chi connectivity index (χ3n) is 4.58. The van der Waals surface area contributed by atoms with Crippen molar-refractivity contribution in [3.05, 3.63) is 76.7 Å². The Kier molecular flexibility index (Phi) is 4.63. The van der Waals surface area contributed by atoms with E-state index in [0.717, 1.165) is 34.2 Å². The van der Waals surface area contributed by atoms with Crippen molar-refractivity contribution in [3.63, 3.8) is 0 Å². The highest BCUT2D eigenvalue weighted by atomic mass is 32.1. The van der Waals surface area contributed by atoms with Gasteiger partial charge in [-0.3, -0.25) is 4.79 Å². The number of amides is 1. The number of thiophene rings is 1. The lowest BCUT2D eigenvalue weighted by Gasteiger charge is -2.16. The highest BCUT2D eigenvalue weighted by molar-refractivity contribution is 7.18. The Bertz CT molecular complexity index is 918. The Morgan fingerprint density at radius 2 is 1.92 bits per heavy atom.